The Hall–Kier alpha value is -1.70. The highest BCUT2D eigenvalue weighted by Gasteiger charge is 2.21. The molecule has 0 bridgehead atoms. The zero-order chi connectivity index (χ0) is 21.1. The van der Waals surface area contributed by atoms with Crippen molar-refractivity contribution in [3.63, 3.8) is 0 Å². The smallest absolute Gasteiger partial charge is 0.199 e. The fourth-order valence-electron chi connectivity index (χ4n) is 3.68. The van der Waals surface area contributed by atoms with Crippen LogP contribution in [0.15, 0.2) is 48.5 Å². The fraction of sp³-hybridized carbons (Fsp3) is 0.364. The monoisotopic (exact) mass is 462 g/mol. The lowest BCUT2D eigenvalue weighted by Gasteiger charge is -2.16. The van der Waals surface area contributed by atoms with Gasteiger partial charge < -0.3 is 4.74 Å². The second kappa shape index (κ2) is 9.62. The van der Waals surface area contributed by atoms with Gasteiger partial charge in [-0.2, -0.15) is 5.10 Å². The molecule has 1 atom stereocenters. The van der Waals surface area contributed by atoms with Gasteiger partial charge in [-0.15, -0.1) is 0 Å². The molecule has 0 saturated carbocycles. The van der Waals surface area contributed by atoms with Crippen molar-refractivity contribution in [2.24, 2.45) is 0 Å². The van der Waals surface area contributed by atoms with Gasteiger partial charge in [0.25, 0.3) is 0 Å². The molecule has 1 saturated heterocycles. The minimum atomic E-state index is 0.173. The van der Waals surface area contributed by atoms with Gasteiger partial charge in [0.1, 0.15) is 0 Å². The van der Waals surface area contributed by atoms with Crippen molar-refractivity contribution in [2.45, 2.75) is 38.7 Å². The van der Waals surface area contributed by atoms with E-state index >= 15 is 0 Å². The Balaban J connectivity index is 1.59. The van der Waals surface area contributed by atoms with Crippen molar-refractivity contribution in [2.75, 3.05) is 13.7 Å². The summed E-state index contributed by atoms with van der Waals surface area (Å²) in [6.07, 6.45) is 2.31. The topological polar surface area (TPSA) is 35.2 Å². The quantitative estimate of drug-likeness (QED) is 0.424. The fourth-order valence-corrected chi connectivity index (χ4v) is 4.19. The van der Waals surface area contributed by atoms with Crippen LogP contribution < -0.4 is 0 Å². The van der Waals surface area contributed by atoms with E-state index in [2.05, 4.69) is 16.5 Å². The highest BCUT2D eigenvalue weighted by atomic mass is 35.5. The summed E-state index contributed by atoms with van der Waals surface area (Å²) in [5.41, 5.74) is 2.17. The van der Waals surface area contributed by atoms with Gasteiger partial charge in [-0.1, -0.05) is 35.3 Å². The van der Waals surface area contributed by atoms with E-state index in [1.54, 1.807) is 0 Å². The third kappa shape index (κ3) is 5.13. The van der Waals surface area contributed by atoms with E-state index in [-0.39, 0.29) is 6.10 Å². The molecule has 1 aliphatic rings. The number of rotatable bonds is 7. The van der Waals surface area contributed by atoms with E-state index in [1.165, 1.54) is 5.56 Å². The largest absolute Gasteiger partial charge is 0.376 e. The van der Waals surface area contributed by atoms with Crippen LogP contribution in [-0.2, 0) is 24.5 Å². The molecule has 30 heavy (non-hydrogen) atoms. The number of benzene rings is 2. The van der Waals surface area contributed by atoms with E-state index in [4.69, 9.17) is 45.3 Å². The molecule has 0 N–H and O–H groups in total. The van der Waals surface area contributed by atoms with E-state index in [0.29, 0.717) is 23.0 Å². The van der Waals surface area contributed by atoms with Crippen LogP contribution >= 0.6 is 35.4 Å². The first kappa shape index (κ1) is 21.5. The number of aromatic nitrogens is 3. The number of hydrogen-bond donors (Lipinski definition) is 0. The maximum Gasteiger partial charge on any atom is 0.199 e. The van der Waals surface area contributed by atoms with Crippen LogP contribution in [0.5, 0.6) is 0 Å². The lowest BCUT2D eigenvalue weighted by molar-refractivity contribution is 0.0967. The number of hydrogen-bond acceptors (Lipinski definition) is 4. The maximum absolute atomic E-state index is 6.08. The van der Waals surface area contributed by atoms with Crippen LogP contribution in [0.3, 0.4) is 0 Å². The summed E-state index contributed by atoms with van der Waals surface area (Å²) in [5.74, 6) is 0.840. The molecule has 1 fully saturated rings. The van der Waals surface area contributed by atoms with Crippen LogP contribution in [0, 0.1) is 4.77 Å². The summed E-state index contributed by atoms with van der Waals surface area (Å²) in [6, 6.07) is 15.6. The molecule has 4 rings (SSSR count). The minimum absolute atomic E-state index is 0.173. The molecule has 5 nitrogen and oxygen atoms in total. The summed E-state index contributed by atoms with van der Waals surface area (Å²) >= 11 is 17.9. The predicted molar refractivity (Wildman–Crippen MR) is 123 cm³/mol. The van der Waals surface area contributed by atoms with Crippen LogP contribution in [0.2, 0.25) is 10.0 Å². The van der Waals surface area contributed by atoms with Gasteiger partial charge in [-0.3, -0.25) is 9.47 Å². The number of halogens is 2. The van der Waals surface area contributed by atoms with E-state index in [1.807, 2.05) is 53.2 Å². The van der Waals surface area contributed by atoms with Crippen LogP contribution in [0.1, 0.15) is 18.4 Å². The molecule has 2 aromatic carbocycles. The molecule has 158 valence electrons. The second-order valence-electron chi connectivity index (χ2n) is 7.64. The molecule has 3 aromatic rings. The molecule has 0 aliphatic carbocycles. The zero-order valence-electron chi connectivity index (χ0n) is 16.8. The molecule has 2 heterocycles. The molecular weight excluding hydrogens is 439 g/mol. The van der Waals surface area contributed by atoms with Crippen molar-refractivity contribution in [3.8, 4) is 11.4 Å². The molecule has 0 amide bonds. The van der Waals surface area contributed by atoms with Crippen molar-refractivity contribution in [1.29, 1.82) is 0 Å². The Morgan fingerprint density at radius 3 is 2.40 bits per heavy atom. The van der Waals surface area contributed by atoms with Crippen LogP contribution in [0.25, 0.3) is 11.4 Å². The highest BCUT2D eigenvalue weighted by molar-refractivity contribution is 7.71. The minimum Gasteiger partial charge on any atom is -0.376 e. The summed E-state index contributed by atoms with van der Waals surface area (Å²) in [6.45, 7) is 2.87. The normalized spacial score (nSPS) is 16.5. The Morgan fingerprint density at radius 1 is 1.10 bits per heavy atom. The maximum atomic E-state index is 6.08. The SMILES string of the molecule is CN(Cc1ccc(Cl)cc1)Cn1nc(-c2ccc(Cl)cc2)n(CC2CCCO2)c1=S. The Kier molecular flexibility index (Phi) is 6.91. The van der Waals surface area contributed by atoms with Crippen LogP contribution in [0.4, 0.5) is 0 Å². The molecular formula is C22H24Cl2N4OS. The lowest BCUT2D eigenvalue weighted by atomic mass is 10.2. The Labute approximate surface area is 191 Å². The van der Waals surface area contributed by atoms with Crippen molar-refractivity contribution < 1.29 is 4.74 Å². The van der Waals surface area contributed by atoms with Crippen molar-refractivity contribution in [3.05, 3.63) is 68.9 Å². The van der Waals surface area contributed by atoms with Gasteiger partial charge in [0.05, 0.1) is 19.3 Å². The van der Waals surface area contributed by atoms with Gasteiger partial charge in [-0.05, 0) is 74.1 Å². The first-order chi connectivity index (χ1) is 14.5. The molecule has 1 unspecified atom stereocenters. The zero-order valence-corrected chi connectivity index (χ0v) is 19.1. The molecule has 0 spiro atoms. The van der Waals surface area contributed by atoms with Crippen molar-refractivity contribution >= 4 is 35.4 Å². The third-order valence-electron chi connectivity index (χ3n) is 5.18. The first-order valence-corrected chi connectivity index (χ1v) is 11.1. The van der Waals surface area contributed by atoms with E-state index < -0.39 is 0 Å². The average molecular weight is 463 g/mol. The summed E-state index contributed by atoms with van der Waals surface area (Å²) in [4.78, 5) is 2.17. The van der Waals surface area contributed by atoms with E-state index in [9.17, 15) is 0 Å². The Morgan fingerprint density at radius 2 is 1.77 bits per heavy atom. The van der Waals surface area contributed by atoms with Gasteiger partial charge in [-0.25, -0.2) is 4.68 Å². The van der Waals surface area contributed by atoms with Gasteiger partial charge >= 0.3 is 0 Å². The molecule has 8 heteroatoms. The average Bonchev–Trinajstić information content (AvgIpc) is 3.34. The number of nitrogens with zero attached hydrogens (tertiary/aromatic N) is 4. The number of ether oxygens (including phenoxy) is 1. The van der Waals surface area contributed by atoms with Gasteiger partial charge in [0.2, 0.25) is 0 Å². The first-order valence-electron chi connectivity index (χ1n) is 9.98. The standard InChI is InChI=1S/C22H24Cl2N4OS/c1-26(13-16-4-8-18(23)9-5-16)15-28-22(30)27(14-20-3-2-12-29-20)21(25-28)17-6-10-19(24)11-7-17/h4-11,20H,2-3,12-15H2,1H3. The molecule has 1 aromatic heterocycles. The van der Waals surface area contributed by atoms with Gasteiger partial charge in [0, 0.05) is 28.8 Å². The van der Waals surface area contributed by atoms with Crippen LogP contribution in [-0.4, -0.2) is 39.0 Å². The summed E-state index contributed by atoms with van der Waals surface area (Å²) in [7, 11) is 2.05. The van der Waals surface area contributed by atoms with Crippen molar-refractivity contribution in [1.82, 2.24) is 19.2 Å². The Bertz CT molecular complexity index is 1040. The highest BCUT2D eigenvalue weighted by Crippen LogP contribution is 2.24. The van der Waals surface area contributed by atoms with Gasteiger partial charge in [0.15, 0.2) is 10.6 Å². The molecule has 1 aliphatic heterocycles. The summed E-state index contributed by atoms with van der Waals surface area (Å²) < 4.78 is 10.5. The predicted octanol–water partition coefficient (Wildman–Crippen LogP) is 5.66. The third-order valence-corrected chi connectivity index (χ3v) is 6.11. The molecule has 0 radical (unpaired) electrons. The summed E-state index contributed by atoms with van der Waals surface area (Å²) in [5, 5.41) is 6.30. The lowest BCUT2D eigenvalue weighted by Crippen LogP contribution is -2.23. The second-order valence-corrected chi connectivity index (χ2v) is 8.88. The van der Waals surface area contributed by atoms with E-state index in [0.717, 1.165) is 42.4 Å².